The van der Waals surface area contributed by atoms with Gasteiger partial charge in [-0.25, -0.2) is 9.18 Å². The summed E-state index contributed by atoms with van der Waals surface area (Å²) in [4.78, 5) is 23.0. The Balaban J connectivity index is 1.95. The molecule has 2 rings (SSSR count). The number of carbonyl (C=O) groups is 2. The highest BCUT2D eigenvalue weighted by Gasteiger charge is 2.14. The highest BCUT2D eigenvalue weighted by molar-refractivity contribution is 5.91. The molecule has 0 aliphatic rings. The molecule has 0 aliphatic heterocycles. The molecule has 2 aromatic rings. The molecule has 0 fully saturated rings. The number of hydrogen-bond acceptors (Lipinski definition) is 4. The number of carbonyl (C=O) groups excluding carboxylic acids is 1. The van der Waals surface area contributed by atoms with Gasteiger partial charge in [-0.1, -0.05) is 12.1 Å². The number of nitrogens with one attached hydrogen (secondary N) is 1. The molecule has 0 unspecified atom stereocenters. The lowest BCUT2D eigenvalue weighted by Crippen LogP contribution is -2.28. The van der Waals surface area contributed by atoms with Crippen molar-refractivity contribution in [1.29, 1.82) is 0 Å². The first kappa shape index (κ1) is 18.3. The van der Waals surface area contributed by atoms with Crippen LogP contribution in [-0.2, 0) is 11.3 Å². The van der Waals surface area contributed by atoms with Gasteiger partial charge in [-0.05, 0) is 36.2 Å². The summed E-state index contributed by atoms with van der Waals surface area (Å²) in [5, 5.41) is 11.7. The molecule has 2 N–H and O–H groups in total. The second-order valence-corrected chi connectivity index (χ2v) is 5.32. The molecule has 0 aromatic heterocycles. The minimum atomic E-state index is -1.17. The molecule has 2 aromatic carbocycles. The summed E-state index contributed by atoms with van der Waals surface area (Å²) in [6, 6.07) is 8.91. The first-order valence-corrected chi connectivity index (χ1v) is 7.46. The molecule has 0 atom stereocenters. The first-order chi connectivity index (χ1) is 11.9. The average Bonchev–Trinajstić information content (AvgIpc) is 2.60. The predicted molar refractivity (Wildman–Crippen MR) is 88.4 cm³/mol. The molecular weight excluding hydrogens is 329 g/mol. The van der Waals surface area contributed by atoms with E-state index >= 15 is 0 Å². The van der Waals surface area contributed by atoms with Gasteiger partial charge in [-0.2, -0.15) is 0 Å². The monoisotopic (exact) mass is 347 g/mol. The predicted octanol–water partition coefficient (Wildman–Crippen LogP) is 2.54. The summed E-state index contributed by atoms with van der Waals surface area (Å²) in [6.45, 7) is 1.42. The van der Waals surface area contributed by atoms with Crippen LogP contribution in [0.2, 0.25) is 0 Å². The average molecular weight is 347 g/mol. The second kappa shape index (κ2) is 8.14. The van der Waals surface area contributed by atoms with E-state index in [1.807, 2.05) is 0 Å². The molecule has 7 heteroatoms. The lowest BCUT2D eigenvalue weighted by atomic mass is 10.1. The van der Waals surface area contributed by atoms with Crippen LogP contribution >= 0.6 is 0 Å². The zero-order chi connectivity index (χ0) is 18.4. The largest absolute Gasteiger partial charge is 0.497 e. The molecular formula is C18H18FNO5. The van der Waals surface area contributed by atoms with Crippen LogP contribution in [0, 0.1) is 12.7 Å². The third kappa shape index (κ3) is 4.94. The Morgan fingerprint density at radius 1 is 1.20 bits per heavy atom. The van der Waals surface area contributed by atoms with Crippen molar-refractivity contribution >= 4 is 11.9 Å². The number of ether oxygens (including phenoxy) is 2. The van der Waals surface area contributed by atoms with Gasteiger partial charge in [0, 0.05) is 12.6 Å². The summed E-state index contributed by atoms with van der Waals surface area (Å²) < 4.78 is 23.8. The highest BCUT2D eigenvalue weighted by atomic mass is 19.1. The number of hydrogen-bond donors (Lipinski definition) is 2. The third-order valence-electron chi connectivity index (χ3n) is 3.50. The summed E-state index contributed by atoms with van der Waals surface area (Å²) in [7, 11) is 1.44. The molecule has 0 radical (unpaired) electrons. The number of aromatic carboxylic acids is 1. The summed E-state index contributed by atoms with van der Waals surface area (Å²) in [6.07, 6.45) is 0. The molecule has 0 bridgehead atoms. The van der Waals surface area contributed by atoms with Crippen LogP contribution in [0.25, 0.3) is 0 Å². The number of carboxylic acid groups (broad SMARTS) is 1. The van der Waals surface area contributed by atoms with Crippen LogP contribution in [0.4, 0.5) is 4.39 Å². The standard InChI is InChI=1S/C18H18FNO5/c1-11-3-4-12(7-15(11)19)9-20-17(21)10-25-16-8-13(24-2)5-6-14(16)18(22)23/h3-8H,9-10H2,1-2H3,(H,20,21)(H,22,23). The smallest absolute Gasteiger partial charge is 0.339 e. The summed E-state index contributed by atoms with van der Waals surface area (Å²) in [5.41, 5.74) is 1.07. The van der Waals surface area contributed by atoms with Gasteiger partial charge >= 0.3 is 5.97 Å². The zero-order valence-electron chi connectivity index (χ0n) is 13.8. The van der Waals surface area contributed by atoms with Crippen LogP contribution < -0.4 is 14.8 Å². The maximum Gasteiger partial charge on any atom is 0.339 e. The van der Waals surface area contributed by atoms with Crippen molar-refractivity contribution in [1.82, 2.24) is 5.32 Å². The normalized spacial score (nSPS) is 10.2. The Hall–Kier alpha value is -3.09. The van der Waals surface area contributed by atoms with Crippen LogP contribution in [0.15, 0.2) is 36.4 Å². The molecule has 0 saturated carbocycles. The minimum Gasteiger partial charge on any atom is -0.497 e. The van der Waals surface area contributed by atoms with Gasteiger partial charge in [0.25, 0.3) is 5.91 Å². The van der Waals surface area contributed by atoms with Gasteiger partial charge in [-0.15, -0.1) is 0 Å². The van der Waals surface area contributed by atoms with Crippen molar-refractivity contribution in [3.63, 3.8) is 0 Å². The molecule has 6 nitrogen and oxygen atoms in total. The fourth-order valence-electron chi connectivity index (χ4n) is 2.07. The first-order valence-electron chi connectivity index (χ1n) is 7.46. The fourth-order valence-corrected chi connectivity index (χ4v) is 2.07. The maximum absolute atomic E-state index is 13.5. The maximum atomic E-state index is 13.5. The van der Waals surface area contributed by atoms with Gasteiger partial charge < -0.3 is 19.9 Å². The number of carboxylic acids is 1. The molecule has 0 spiro atoms. The van der Waals surface area contributed by atoms with Crippen molar-refractivity contribution in [3.8, 4) is 11.5 Å². The highest BCUT2D eigenvalue weighted by Crippen LogP contribution is 2.24. The number of benzene rings is 2. The number of halogens is 1. The van der Waals surface area contributed by atoms with Gasteiger partial charge in [0.05, 0.1) is 7.11 Å². The number of aryl methyl sites for hydroxylation is 1. The Morgan fingerprint density at radius 2 is 1.96 bits per heavy atom. The van der Waals surface area contributed by atoms with Gasteiger partial charge in [-0.3, -0.25) is 4.79 Å². The van der Waals surface area contributed by atoms with Crippen molar-refractivity contribution in [2.45, 2.75) is 13.5 Å². The Kier molecular flexibility index (Phi) is 5.94. The van der Waals surface area contributed by atoms with E-state index in [1.54, 1.807) is 19.1 Å². The molecule has 25 heavy (non-hydrogen) atoms. The molecule has 1 amide bonds. The summed E-state index contributed by atoms with van der Waals surface area (Å²) >= 11 is 0. The molecule has 0 heterocycles. The van der Waals surface area contributed by atoms with E-state index in [-0.39, 0.29) is 30.3 Å². The topological polar surface area (TPSA) is 84.9 Å². The van der Waals surface area contributed by atoms with E-state index in [2.05, 4.69) is 5.32 Å². The number of methoxy groups -OCH3 is 1. The quantitative estimate of drug-likeness (QED) is 0.804. The Labute approximate surface area is 144 Å². The molecule has 0 aliphatic carbocycles. The molecule has 132 valence electrons. The van der Waals surface area contributed by atoms with Crippen LogP contribution in [-0.4, -0.2) is 30.7 Å². The van der Waals surface area contributed by atoms with Crippen molar-refractivity contribution in [2.75, 3.05) is 13.7 Å². The van der Waals surface area contributed by atoms with E-state index < -0.39 is 11.9 Å². The van der Waals surface area contributed by atoms with Crippen LogP contribution in [0.3, 0.4) is 0 Å². The van der Waals surface area contributed by atoms with Gasteiger partial charge in [0.2, 0.25) is 0 Å². The number of amides is 1. The minimum absolute atomic E-state index is 0.0309. The van der Waals surface area contributed by atoms with E-state index in [4.69, 9.17) is 14.6 Å². The van der Waals surface area contributed by atoms with E-state index in [9.17, 15) is 14.0 Å². The van der Waals surface area contributed by atoms with Gasteiger partial charge in [0.1, 0.15) is 22.9 Å². The Morgan fingerprint density at radius 3 is 2.60 bits per heavy atom. The zero-order valence-corrected chi connectivity index (χ0v) is 13.8. The lowest BCUT2D eigenvalue weighted by molar-refractivity contribution is -0.123. The third-order valence-corrected chi connectivity index (χ3v) is 3.50. The van der Waals surface area contributed by atoms with E-state index in [0.717, 1.165) is 0 Å². The SMILES string of the molecule is COc1ccc(C(=O)O)c(OCC(=O)NCc2ccc(C)c(F)c2)c1. The molecule has 0 saturated heterocycles. The summed E-state index contributed by atoms with van der Waals surface area (Å²) in [5.74, 6) is -1.53. The Bertz CT molecular complexity index is 791. The van der Waals surface area contributed by atoms with Crippen molar-refractivity contribution in [2.24, 2.45) is 0 Å². The van der Waals surface area contributed by atoms with E-state index in [1.165, 1.54) is 31.4 Å². The van der Waals surface area contributed by atoms with Crippen molar-refractivity contribution < 1.29 is 28.6 Å². The van der Waals surface area contributed by atoms with Crippen LogP contribution in [0.1, 0.15) is 21.5 Å². The fraction of sp³-hybridized carbons (Fsp3) is 0.222. The number of rotatable bonds is 7. The lowest BCUT2D eigenvalue weighted by Gasteiger charge is -2.11. The van der Waals surface area contributed by atoms with Gasteiger partial charge in [0.15, 0.2) is 6.61 Å². The van der Waals surface area contributed by atoms with Crippen molar-refractivity contribution in [3.05, 3.63) is 58.9 Å². The second-order valence-electron chi connectivity index (χ2n) is 5.32. The van der Waals surface area contributed by atoms with E-state index in [0.29, 0.717) is 16.9 Å². The van der Waals surface area contributed by atoms with Crippen LogP contribution in [0.5, 0.6) is 11.5 Å².